The molecule has 0 radical (unpaired) electrons. The third-order valence-electron chi connectivity index (χ3n) is 12.4. The van der Waals surface area contributed by atoms with Crippen molar-refractivity contribution in [3.05, 3.63) is 151 Å². The van der Waals surface area contributed by atoms with Gasteiger partial charge in [0.2, 0.25) is 5.96 Å². The number of ether oxygens (including phenoxy) is 6. The molecule has 34 heteroatoms. The summed E-state index contributed by atoms with van der Waals surface area (Å²) in [4.78, 5) is 156. The number of alkyl carbamates (subject to hydrolysis) is 1. The predicted octanol–water partition coefficient (Wildman–Crippen LogP) is 12.4. The number of nitrogens with zero attached hydrogens (tertiary/aromatic N) is 4. The highest BCUT2D eigenvalue weighted by Crippen LogP contribution is 2.26. The van der Waals surface area contributed by atoms with Gasteiger partial charge in [0.1, 0.15) is 34.5 Å². The van der Waals surface area contributed by atoms with Gasteiger partial charge in [0.25, 0.3) is 23.6 Å². The third-order valence-corrected chi connectivity index (χ3v) is 13.6. The van der Waals surface area contributed by atoms with E-state index < -0.39 is 100 Å². The Balaban J connectivity index is 0. The van der Waals surface area contributed by atoms with Gasteiger partial charge in [0.15, 0.2) is 11.6 Å². The van der Waals surface area contributed by atoms with E-state index in [1.807, 2.05) is 0 Å². The first-order valence-corrected chi connectivity index (χ1v) is 32.5. The molecule has 0 aliphatic heterocycles. The molecule has 28 nitrogen and oxygen atoms in total. The highest BCUT2D eigenvalue weighted by Gasteiger charge is 2.29. The van der Waals surface area contributed by atoms with Crippen LogP contribution in [0.3, 0.4) is 0 Å². The molecule has 5 rings (SSSR count). The number of hydrogen-bond acceptors (Lipinski definition) is 20. The second kappa shape index (κ2) is 46.0. The van der Waals surface area contributed by atoms with Crippen molar-refractivity contribution in [3.63, 3.8) is 0 Å². The number of aliphatic imine (C=N–C) groups is 2. The molecule has 0 spiro atoms. The largest absolute Gasteiger partial charge is 0.467 e. The molecule has 0 aliphatic rings. The van der Waals surface area contributed by atoms with Crippen molar-refractivity contribution in [2.24, 2.45) is 9.98 Å². The number of amides is 7. The Morgan fingerprint density at radius 3 is 1.31 bits per heavy atom. The number of Topliss-reactive ketones (excluding diaryl/α,β-unsaturated/α-hetero) is 2. The fourth-order valence-corrected chi connectivity index (χ4v) is 9.29. The number of nitrogen functional groups attached to an aromatic ring is 1. The molecule has 0 aliphatic carbocycles. The first-order valence-electron chi connectivity index (χ1n) is 31.0. The van der Waals surface area contributed by atoms with E-state index in [1.165, 1.54) is 53.5 Å². The van der Waals surface area contributed by atoms with Gasteiger partial charge in [-0.25, -0.2) is 28.7 Å². The summed E-state index contributed by atoms with van der Waals surface area (Å²) < 4.78 is 31.6. The van der Waals surface area contributed by atoms with Crippen LogP contribution in [0.2, 0.25) is 20.1 Å². The molecule has 0 bridgehead atoms. The number of hydrogen-bond donors (Lipinski definition) is 6. The van der Waals surface area contributed by atoms with Gasteiger partial charge >= 0.3 is 36.2 Å². The Hall–Kier alpha value is -9.07. The zero-order valence-corrected chi connectivity index (χ0v) is 64.4. The quantitative estimate of drug-likeness (QED) is 0.0123. The smallest absolute Gasteiger partial charge is 0.437 e. The van der Waals surface area contributed by atoms with Crippen LogP contribution in [-0.2, 0) is 58.8 Å². The Kier molecular flexibility index (Phi) is 42.9. The van der Waals surface area contributed by atoms with E-state index in [9.17, 15) is 57.5 Å². The van der Waals surface area contributed by atoms with E-state index in [4.69, 9.17) is 80.6 Å². The molecule has 0 unspecified atom stereocenters. The van der Waals surface area contributed by atoms with Crippen molar-refractivity contribution in [1.29, 1.82) is 0 Å². The van der Waals surface area contributed by atoms with E-state index in [0.717, 1.165) is 14.2 Å². The minimum Gasteiger partial charge on any atom is -0.467 e. The Morgan fingerprint density at radius 1 is 0.524 bits per heavy atom. The first kappa shape index (κ1) is 98.0. The molecule has 7 amide bonds. The molecule has 4 aromatic carbocycles. The molecule has 0 fully saturated rings. The van der Waals surface area contributed by atoms with E-state index >= 15 is 0 Å². The van der Waals surface area contributed by atoms with E-state index in [0.29, 0.717) is 16.8 Å². The summed E-state index contributed by atoms with van der Waals surface area (Å²) in [6.45, 7) is 20.0. The van der Waals surface area contributed by atoms with Crippen LogP contribution < -0.4 is 32.3 Å². The minimum absolute atomic E-state index is 0. The van der Waals surface area contributed by atoms with Crippen molar-refractivity contribution >= 4 is 162 Å². The number of halogens is 4. The number of anilines is 1. The van der Waals surface area contributed by atoms with Crippen LogP contribution in [0.25, 0.3) is 0 Å². The maximum atomic E-state index is 12.9. The number of nitrogens with two attached hydrogens (primary N) is 1. The van der Waals surface area contributed by atoms with Crippen molar-refractivity contribution in [1.82, 2.24) is 36.4 Å². The van der Waals surface area contributed by atoms with Crippen LogP contribution in [0, 0.1) is 0 Å². The van der Waals surface area contributed by atoms with Crippen LogP contribution in [-0.4, -0.2) is 155 Å². The highest BCUT2D eigenvalue weighted by atomic mass is 35.5. The van der Waals surface area contributed by atoms with E-state index in [-0.39, 0.29) is 148 Å². The van der Waals surface area contributed by atoms with Crippen LogP contribution in [0.15, 0.2) is 113 Å². The lowest BCUT2D eigenvalue weighted by Gasteiger charge is -2.20. The average Bonchev–Trinajstić information content (AvgIpc) is 1.44. The van der Waals surface area contributed by atoms with Crippen LogP contribution in [0.1, 0.15) is 177 Å². The van der Waals surface area contributed by atoms with Gasteiger partial charge < -0.3 is 55.4 Å². The van der Waals surface area contributed by atoms with Gasteiger partial charge in [0, 0.05) is 54.2 Å². The first-order chi connectivity index (χ1) is 47.0. The maximum absolute atomic E-state index is 12.9. The standard InChI is InChI=1S/C34H41Cl2N3O9.C21H21Cl2N3O5.C14H22N4O4.2CH4.2H2S/c1-33(2,3)47-27(41)18-22(38-32(45)48-34(4,5)6)17-20-10-8-11-21(16-20)29(42)37-19-23(40)14-15-26(31(44)46-7)39-30(43)28-24(35)12-9-13-25(28)36;1-31-21(30)17(26-20(29)18-15(22)6-3-7-16(18)23)9-8-14(27)11-25-19(28)12-4-2-5-13(24)10-12;1-13(2,3)21-11(19)16-10(18-9-7-8-15-18)17-12(20)22-14(4,5)6;;;;/h8-13,16,26H,14-15,17-19H2,1-7H3,(H,37,42)(H,39,43);2-7,10,17H,8-9,11,24H2,1H3,(H,25,28)(H,26,29);7-9H,1-6H3,(H,16,17,19,20);2*1H4;2*1H2/t26-;17-;;;;;/m00...../s1. The molecule has 7 N–H and O–H groups in total. The Labute approximate surface area is 645 Å². The molecule has 105 heavy (non-hydrogen) atoms. The van der Waals surface area contributed by atoms with Gasteiger partial charge in [0.05, 0.1) is 64.9 Å². The van der Waals surface area contributed by atoms with Crippen molar-refractivity contribution < 1.29 is 86.0 Å². The molecule has 5 aromatic rings. The lowest BCUT2D eigenvalue weighted by molar-refractivity contribution is -0.153. The molecule has 578 valence electrons. The number of nitrogens with one attached hydrogen (secondary N) is 5. The minimum atomic E-state index is -1.18. The number of carbonyl (C=O) groups is 12. The summed E-state index contributed by atoms with van der Waals surface area (Å²) in [7, 11) is 2.31. The van der Waals surface area contributed by atoms with Gasteiger partial charge in [-0.3, -0.25) is 38.9 Å². The Bertz CT molecular complexity index is 3830. The van der Waals surface area contributed by atoms with Crippen molar-refractivity contribution in [2.45, 2.75) is 171 Å². The number of aromatic nitrogens is 2. The zero-order chi connectivity index (χ0) is 76.2. The number of methoxy groups -OCH3 is 2. The summed E-state index contributed by atoms with van der Waals surface area (Å²) >= 11 is 24.2. The lowest BCUT2D eigenvalue weighted by atomic mass is 10.0. The highest BCUT2D eigenvalue weighted by molar-refractivity contribution is 7.59. The van der Waals surface area contributed by atoms with Gasteiger partial charge in [-0.2, -0.15) is 37.1 Å². The average molecular weight is 1580 g/mol. The molecule has 2 atom stereocenters. The second-order valence-electron chi connectivity index (χ2n) is 25.7. The lowest BCUT2D eigenvalue weighted by Crippen LogP contribution is -2.42. The summed E-state index contributed by atoms with van der Waals surface area (Å²) in [5, 5.41) is 16.7. The third kappa shape index (κ3) is 38.5. The Morgan fingerprint density at radius 2 is 0.924 bits per heavy atom. The van der Waals surface area contributed by atoms with Crippen LogP contribution in [0.5, 0.6) is 0 Å². The summed E-state index contributed by atoms with van der Waals surface area (Å²) in [5.74, 6) is -5.35. The second-order valence-corrected chi connectivity index (χ2v) is 27.4. The van der Waals surface area contributed by atoms with Crippen LogP contribution in [0.4, 0.5) is 20.1 Å². The van der Waals surface area contributed by atoms with Crippen molar-refractivity contribution in [2.75, 3.05) is 33.0 Å². The zero-order valence-electron chi connectivity index (χ0n) is 59.4. The molecular weight excluding hydrogens is 1490 g/mol. The number of carbonyl (C=O) groups excluding carboxylic acids is 12. The number of benzene rings is 4. The molecule has 0 saturated heterocycles. The van der Waals surface area contributed by atoms with E-state index in [1.54, 1.807) is 138 Å². The number of esters is 3. The molecule has 1 heterocycles. The summed E-state index contributed by atoms with van der Waals surface area (Å²) in [6.07, 6.45) is -0.0792. The normalized spacial score (nSPS) is 11.7. The van der Waals surface area contributed by atoms with Gasteiger partial charge in [-0.05, 0) is 162 Å². The SMILES string of the molecule is C.C.CC(C)(C)OC(=O)N=C(NC(=O)OC(C)(C)C)n1cccn1.COC(=O)[C@H](CCC(=O)CNC(=O)c1cccc(CC(CC(=O)OC(C)(C)C)=NC(=O)OC(C)(C)C)c1)NC(=O)c1c(Cl)cccc1Cl.COC(=O)[C@H](CCC(=O)CNC(=O)c1cccc(N)c1)NC(=O)c1c(Cl)cccc1Cl.S.S. The monoisotopic (exact) mass is 1580 g/mol. The number of rotatable bonds is 22. The molecule has 1 aromatic heterocycles. The van der Waals surface area contributed by atoms with Gasteiger partial charge in [-0.1, -0.05) is 91.6 Å². The fraction of sp³-hybridized carbons (Fsp3) is 0.423. The van der Waals surface area contributed by atoms with Crippen LogP contribution >= 0.6 is 73.4 Å². The molecular formula is C71H96Cl4N10O18S2. The van der Waals surface area contributed by atoms with Crippen molar-refractivity contribution in [3.8, 4) is 0 Å². The fourth-order valence-electron chi connectivity index (χ4n) is 8.16. The predicted molar refractivity (Wildman–Crippen MR) is 413 cm³/mol. The summed E-state index contributed by atoms with van der Waals surface area (Å²) in [5.41, 5.74) is 4.41. The summed E-state index contributed by atoms with van der Waals surface area (Å²) in [6, 6.07) is 21.1. The number of ketones is 2. The van der Waals surface area contributed by atoms with Gasteiger partial charge in [-0.15, -0.1) is 4.99 Å². The van der Waals surface area contributed by atoms with E-state index in [2.05, 4.69) is 41.7 Å². The molecule has 0 saturated carbocycles. The topological polar surface area (TPSA) is 389 Å². The maximum Gasteiger partial charge on any atom is 0.437 e.